The van der Waals surface area contributed by atoms with Crippen LogP contribution >= 0.6 is 0 Å². The molecule has 0 saturated carbocycles. The molecule has 1 aromatic heterocycles. The standard InChI is InChI=1S/C13H18N2O6/c1-3-6-20-11-9(18)10(7(2)16)21-12(11)15-5-4-8(17)14-13(15)19/h3-5,7,9-12,16,18H,1,6H2,2H3,(H,14,17,19)/t7?,9-,10-,11-,12-/m1/s1. The lowest BCUT2D eigenvalue weighted by Crippen LogP contribution is -2.40. The smallest absolute Gasteiger partial charge is 0.330 e. The fourth-order valence-corrected chi connectivity index (χ4v) is 2.29. The molecule has 1 aliphatic rings. The van der Waals surface area contributed by atoms with Crippen LogP contribution < -0.4 is 11.2 Å². The third-order valence-corrected chi connectivity index (χ3v) is 3.26. The summed E-state index contributed by atoms with van der Waals surface area (Å²) < 4.78 is 12.1. The summed E-state index contributed by atoms with van der Waals surface area (Å²) in [5, 5.41) is 19.8. The number of aliphatic hydroxyl groups excluding tert-OH is 2. The Balaban J connectivity index is 2.36. The maximum absolute atomic E-state index is 11.8. The highest BCUT2D eigenvalue weighted by molar-refractivity contribution is 4.95. The second-order valence-corrected chi connectivity index (χ2v) is 4.83. The summed E-state index contributed by atoms with van der Waals surface area (Å²) in [4.78, 5) is 25.0. The Morgan fingerprint density at radius 1 is 1.62 bits per heavy atom. The molecule has 21 heavy (non-hydrogen) atoms. The first-order valence-corrected chi connectivity index (χ1v) is 6.51. The van der Waals surface area contributed by atoms with Crippen molar-refractivity contribution in [1.82, 2.24) is 9.55 Å². The third-order valence-electron chi connectivity index (χ3n) is 3.26. The Hall–Kier alpha value is -1.74. The molecule has 1 fully saturated rings. The van der Waals surface area contributed by atoms with Gasteiger partial charge in [0, 0.05) is 12.3 Å². The summed E-state index contributed by atoms with van der Waals surface area (Å²) in [6.07, 6.45) is -2.03. The number of hydrogen-bond donors (Lipinski definition) is 3. The van der Waals surface area contributed by atoms with E-state index in [1.54, 1.807) is 0 Å². The van der Waals surface area contributed by atoms with Gasteiger partial charge >= 0.3 is 5.69 Å². The van der Waals surface area contributed by atoms with E-state index in [0.717, 1.165) is 10.6 Å². The van der Waals surface area contributed by atoms with Crippen molar-refractivity contribution in [2.45, 2.75) is 37.6 Å². The number of aliphatic hydroxyl groups is 2. The molecule has 2 heterocycles. The van der Waals surface area contributed by atoms with Gasteiger partial charge in [-0.25, -0.2) is 4.79 Å². The molecule has 1 aromatic rings. The van der Waals surface area contributed by atoms with Crippen LogP contribution in [-0.4, -0.2) is 50.8 Å². The number of nitrogens with zero attached hydrogens (tertiary/aromatic N) is 1. The van der Waals surface area contributed by atoms with Gasteiger partial charge < -0.3 is 19.7 Å². The van der Waals surface area contributed by atoms with Crippen LogP contribution in [0.15, 0.2) is 34.5 Å². The Morgan fingerprint density at radius 2 is 2.33 bits per heavy atom. The summed E-state index contributed by atoms with van der Waals surface area (Å²) in [6, 6.07) is 1.16. The quantitative estimate of drug-likeness (QED) is 0.585. The van der Waals surface area contributed by atoms with Crippen LogP contribution in [0.25, 0.3) is 0 Å². The zero-order valence-corrected chi connectivity index (χ0v) is 11.5. The highest BCUT2D eigenvalue weighted by Crippen LogP contribution is 2.32. The maximum Gasteiger partial charge on any atom is 0.330 e. The van der Waals surface area contributed by atoms with Gasteiger partial charge in [0.1, 0.15) is 18.3 Å². The summed E-state index contributed by atoms with van der Waals surface area (Å²) in [5.74, 6) is 0. The van der Waals surface area contributed by atoms with Crippen molar-refractivity contribution >= 4 is 0 Å². The maximum atomic E-state index is 11.8. The number of ether oxygens (including phenoxy) is 2. The van der Waals surface area contributed by atoms with E-state index < -0.39 is 41.9 Å². The van der Waals surface area contributed by atoms with Crippen molar-refractivity contribution in [2.75, 3.05) is 6.61 Å². The van der Waals surface area contributed by atoms with E-state index in [9.17, 15) is 19.8 Å². The minimum absolute atomic E-state index is 0.145. The second kappa shape index (κ2) is 6.35. The number of nitrogens with one attached hydrogen (secondary N) is 1. The highest BCUT2D eigenvalue weighted by atomic mass is 16.6. The van der Waals surface area contributed by atoms with Gasteiger partial charge in [0.25, 0.3) is 5.56 Å². The fourth-order valence-electron chi connectivity index (χ4n) is 2.29. The highest BCUT2D eigenvalue weighted by Gasteiger charge is 2.47. The van der Waals surface area contributed by atoms with E-state index in [-0.39, 0.29) is 6.61 Å². The Labute approximate surface area is 120 Å². The molecule has 0 amide bonds. The van der Waals surface area contributed by atoms with E-state index in [4.69, 9.17) is 9.47 Å². The number of aromatic amines is 1. The zero-order valence-electron chi connectivity index (χ0n) is 11.5. The molecule has 0 bridgehead atoms. The molecule has 8 heteroatoms. The number of rotatable bonds is 5. The third kappa shape index (κ3) is 3.13. The molecule has 1 unspecified atom stereocenters. The first-order chi connectivity index (χ1) is 9.95. The average Bonchev–Trinajstić information content (AvgIpc) is 2.74. The molecule has 2 rings (SSSR count). The molecule has 0 spiro atoms. The van der Waals surface area contributed by atoms with Crippen molar-refractivity contribution < 1.29 is 19.7 Å². The van der Waals surface area contributed by atoms with Crippen LogP contribution in [0.2, 0.25) is 0 Å². The summed E-state index contributed by atoms with van der Waals surface area (Å²) in [5.41, 5.74) is -1.22. The van der Waals surface area contributed by atoms with Crippen molar-refractivity contribution in [3.05, 3.63) is 45.8 Å². The monoisotopic (exact) mass is 298 g/mol. The van der Waals surface area contributed by atoms with Gasteiger partial charge in [0.15, 0.2) is 6.23 Å². The normalized spacial score (nSPS) is 30.2. The predicted molar refractivity (Wildman–Crippen MR) is 72.9 cm³/mol. The molecule has 3 N–H and O–H groups in total. The molecule has 0 aromatic carbocycles. The van der Waals surface area contributed by atoms with Crippen LogP contribution in [0.3, 0.4) is 0 Å². The molecule has 0 aliphatic carbocycles. The topological polar surface area (TPSA) is 114 Å². The molecule has 1 aliphatic heterocycles. The largest absolute Gasteiger partial charge is 0.391 e. The SMILES string of the molecule is C=CCO[C@@H]1[C@H](O)[C@@H](C(C)O)O[C@H]1n1ccc(=O)[nH]c1=O. The summed E-state index contributed by atoms with van der Waals surface area (Å²) >= 11 is 0. The molecular formula is C13H18N2O6. The van der Waals surface area contributed by atoms with E-state index in [2.05, 4.69) is 11.6 Å². The Morgan fingerprint density at radius 3 is 2.90 bits per heavy atom. The molecule has 8 nitrogen and oxygen atoms in total. The lowest BCUT2D eigenvalue weighted by Gasteiger charge is -2.21. The van der Waals surface area contributed by atoms with Gasteiger partial charge in [-0.2, -0.15) is 0 Å². The van der Waals surface area contributed by atoms with Crippen molar-refractivity contribution in [2.24, 2.45) is 0 Å². The van der Waals surface area contributed by atoms with E-state index in [1.165, 1.54) is 19.2 Å². The van der Waals surface area contributed by atoms with Crippen LogP contribution in [0.5, 0.6) is 0 Å². The summed E-state index contributed by atoms with van der Waals surface area (Å²) in [6.45, 7) is 5.13. The van der Waals surface area contributed by atoms with Gasteiger partial charge in [-0.15, -0.1) is 6.58 Å². The predicted octanol–water partition coefficient (Wildman–Crippen LogP) is -1.25. The number of H-pyrrole nitrogens is 1. The molecule has 116 valence electrons. The average molecular weight is 298 g/mol. The number of hydrogen-bond acceptors (Lipinski definition) is 6. The molecule has 1 saturated heterocycles. The Bertz CT molecular complexity index is 607. The number of aromatic nitrogens is 2. The van der Waals surface area contributed by atoms with Gasteiger partial charge in [0.05, 0.1) is 12.7 Å². The first-order valence-electron chi connectivity index (χ1n) is 6.51. The summed E-state index contributed by atoms with van der Waals surface area (Å²) in [7, 11) is 0. The van der Waals surface area contributed by atoms with Gasteiger partial charge in [-0.1, -0.05) is 6.08 Å². The Kier molecular flexibility index (Phi) is 4.73. The zero-order chi connectivity index (χ0) is 15.6. The van der Waals surface area contributed by atoms with E-state index >= 15 is 0 Å². The van der Waals surface area contributed by atoms with E-state index in [0.29, 0.717) is 0 Å². The second-order valence-electron chi connectivity index (χ2n) is 4.83. The van der Waals surface area contributed by atoms with Crippen LogP contribution in [0, 0.1) is 0 Å². The van der Waals surface area contributed by atoms with Crippen molar-refractivity contribution in [1.29, 1.82) is 0 Å². The van der Waals surface area contributed by atoms with Gasteiger partial charge in [-0.3, -0.25) is 14.3 Å². The van der Waals surface area contributed by atoms with Crippen LogP contribution in [0.4, 0.5) is 0 Å². The van der Waals surface area contributed by atoms with Gasteiger partial charge in [-0.05, 0) is 6.92 Å². The minimum atomic E-state index is -1.12. The van der Waals surface area contributed by atoms with E-state index in [1.807, 2.05) is 0 Å². The molecule has 0 radical (unpaired) electrons. The lowest BCUT2D eigenvalue weighted by molar-refractivity contribution is -0.0846. The van der Waals surface area contributed by atoms with Crippen molar-refractivity contribution in [3.63, 3.8) is 0 Å². The first kappa shape index (κ1) is 15.6. The molecule has 5 atom stereocenters. The van der Waals surface area contributed by atoms with Crippen LogP contribution in [0.1, 0.15) is 13.2 Å². The lowest BCUT2D eigenvalue weighted by atomic mass is 10.1. The van der Waals surface area contributed by atoms with Crippen molar-refractivity contribution in [3.8, 4) is 0 Å². The van der Waals surface area contributed by atoms with Crippen LogP contribution in [-0.2, 0) is 9.47 Å². The minimum Gasteiger partial charge on any atom is -0.391 e. The fraction of sp³-hybridized carbons (Fsp3) is 0.538. The van der Waals surface area contributed by atoms with Gasteiger partial charge in [0.2, 0.25) is 0 Å². The molecular weight excluding hydrogens is 280 g/mol.